The summed E-state index contributed by atoms with van der Waals surface area (Å²) in [5, 5.41) is 1.98. The first-order valence-electron chi connectivity index (χ1n) is 7.58. The molecule has 3 aromatic rings. The van der Waals surface area contributed by atoms with Gasteiger partial charge in [0.1, 0.15) is 4.21 Å². The van der Waals surface area contributed by atoms with Crippen molar-refractivity contribution in [3.63, 3.8) is 0 Å². The van der Waals surface area contributed by atoms with E-state index in [1.165, 1.54) is 24.3 Å². The van der Waals surface area contributed by atoms with Crippen LogP contribution in [0, 0.1) is 0 Å². The molecular weight excluding hydrogens is 372 g/mol. The van der Waals surface area contributed by atoms with Crippen molar-refractivity contribution in [3.8, 4) is 9.75 Å². The molecular formula is C19H16O3S3. The second-order valence-electron chi connectivity index (χ2n) is 5.54. The van der Waals surface area contributed by atoms with E-state index in [0.29, 0.717) is 4.21 Å². The first-order chi connectivity index (χ1) is 11.9. The molecule has 0 amide bonds. The average Bonchev–Trinajstić information content (AvgIpc) is 3.25. The highest BCUT2D eigenvalue weighted by Crippen LogP contribution is 2.34. The van der Waals surface area contributed by atoms with Gasteiger partial charge in [0.2, 0.25) is 0 Å². The Kier molecular flexibility index (Phi) is 5.32. The van der Waals surface area contributed by atoms with Gasteiger partial charge in [0.15, 0.2) is 15.6 Å². The van der Waals surface area contributed by atoms with E-state index in [4.69, 9.17) is 0 Å². The Morgan fingerprint density at radius 3 is 2.44 bits per heavy atom. The molecule has 6 heteroatoms. The van der Waals surface area contributed by atoms with Crippen molar-refractivity contribution in [2.45, 2.75) is 16.9 Å². The second-order valence-corrected chi connectivity index (χ2v) is 9.79. The maximum atomic E-state index is 12.6. The van der Waals surface area contributed by atoms with Crippen molar-refractivity contribution in [1.29, 1.82) is 0 Å². The zero-order chi connectivity index (χ0) is 17.9. The number of thiophene rings is 2. The minimum Gasteiger partial charge on any atom is -0.295 e. The maximum absolute atomic E-state index is 12.6. The predicted octanol–water partition coefficient (Wildman–Crippen LogP) is 5.05. The maximum Gasteiger partial charge on any atom is 0.191 e. The van der Waals surface area contributed by atoms with E-state index in [1.807, 2.05) is 35.7 Å². The van der Waals surface area contributed by atoms with Crippen molar-refractivity contribution >= 4 is 44.4 Å². The third-order valence-electron chi connectivity index (χ3n) is 3.50. The number of sulfone groups is 1. The lowest BCUT2D eigenvalue weighted by Gasteiger charge is -2.03. The van der Waals surface area contributed by atoms with E-state index in [0.717, 1.165) is 20.9 Å². The summed E-state index contributed by atoms with van der Waals surface area (Å²) < 4.78 is 25.7. The molecule has 0 radical (unpaired) electrons. The van der Waals surface area contributed by atoms with Crippen LogP contribution in [-0.4, -0.2) is 14.2 Å². The third-order valence-corrected chi connectivity index (χ3v) is 7.92. The van der Waals surface area contributed by atoms with Gasteiger partial charge >= 0.3 is 0 Å². The van der Waals surface area contributed by atoms with E-state index in [9.17, 15) is 13.2 Å². The molecule has 0 atom stereocenters. The van der Waals surface area contributed by atoms with E-state index in [1.54, 1.807) is 35.6 Å². The van der Waals surface area contributed by atoms with Gasteiger partial charge in [-0.3, -0.25) is 4.79 Å². The summed E-state index contributed by atoms with van der Waals surface area (Å²) in [5.41, 5.74) is 1.60. The summed E-state index contributed by atoms with van der Waals surface area (Å²) in [7, 11) is -3.37. The van der Waals surface area contributed by atoms with Gasteiger partial charge in [-0.2, -0.15) is 0 Å². The van der Waals surface area contributed by atoms with Crippen LogP contribution in [0.2, 0.25) is 0 Å². The summed E-state index contributed by atoms with van der Waals surface area (Å²) in [4.78, 5) is 13.0. The highest BCUT2D eigenvalue weighted by Gasteiger charge is 2.18. The molecule has 1 aromatic carbocycles. The molecule has 3 nitrogen and oxygen atoms in total. The zero-order valence-corrected chi connectivity index (χ0v) is 16.0. The number of carbonyl (C=O) groups excluding carboxylic acids is 1. The minimum absolute atomic E-state index is 0.0223. The molecule has 0 bridgehead atoms. The highest BCUT2D eigenvalue weighted by molar-refractivity contribution is 7.92. The number of carbonyl (C=O) groups is 1. The average molecular weight is 389 g/mol. The number of benzene rings is 1. The summed E-state index contributed by atoms with van der Waals surface area (Å²) in [5.74, 6) is -0.0560. The Labute approximate surface area is 155 Å². The van der Waals surface area contributed by atoms with Crippen LogP contribution in [0.5, 0.6) is 0 Å². The Bertz CT molecular complexity index is 993. The monoisotopic (exact) mass is 388 g/mol. The van der Waals surface area contributed by atoms with Crippen molar-refractivity contribution in [2.24, 2.45) is 0 Å². The van der Waals surface area contributed by atoms with Crippen molar-refractivity contribution in [3.05, 3.63) is 71.1 Å². The second kappa shape index (κ2) is 7.47. The lowest BCUT2D eigenvalue weighted by atomic mass is 10.1. The van der Waals surface area contributed by atoms with E-state index in [-0.39, 0.29) is 11.5 Å². The molecule has 0 spiro atoms. The van der Waals surface area contributed by atoms with E-state index < -0.39 is 9.84 Å². The Hall–Kier alpha value is -2.02. The van der Waals surface area contributed by atoms with Crippen LogP contribution in [0.4, 0.5) is 0 Å². The fourth-order valence-corrected chi connectivity index (χ4v) is 5.84. The van der Waals surface area contributed by atoms with E-state index >= 15 is 0 Å². The third kappa shape index (κ3) is 4.54. The molecule has 0 fully saturated rings. The summed E-state index contributed by atoms with van der Waals surface area (Å²) in [6.45, 7) is 1.49. The zero-order valence-electron chi connectivity index (χ0n) is 13.5. The lowest BCUT2D eigenvalue weighted by molar-refractivity contribution is -0.112. The lowest BCUT2D eigenvalue weighted by Crippen LogP contribution is -2.02. The Morgan fingerprint density at radius 1 is 1.04 bits per heavy atom. The van der Waals surface area contributed by atoms with Gasteiger partial charge in [0.25, 0.3) is 0 Å². The normalized spacial score (nSPS) is 11.9. The molecule has 128 valence electrons. The van der Waals surface area contributed by atoms with Crippen LogP contribution < -0.4 is 0 Å². The van der Waals surface area contributed by atoms with Gasteiger partial charge in [-0.1, -0.05) is 36.4 Å². The number of rotatable bonds is 6. The van der Waals surface area contributed by atoms with Crippen molar-refractivity contribution in [2.75, 3.05) is 0 Å². The van der Waals surface area contributed by atoms with Crippen LogP contribution in [0.3, 0.4) is 0 Å². The van der Waals surface area contributed by atoms with E-state index in [2.05, 4.69) is 0 Å². The SMILES string of the molecule is CC(=O)/C=C/c1ccc(CS(=O)(=O)c2ccc(-c3cccs3)s2)cc1. The minimum atomic E-state index is -3.37. The predicted molar refractivity (Wildman–Crippen MR) is 105 cm³/mol. The number of hydrogen-bond donors (Lipinski definition) is 0. The van der Waals surface area contributed by atoms with Crippen LogP contribution in [0.15, 0.2) is 64.2 Å². The first kappa shape index (κ1) is 17.8. The van der Waals surface area contributed by atoms with Crippen molar-refractivity contribution < 1.29 is 13.2 Å². The van der Waals surface area contributed by atoms with Crippen LogP contribution in [-0.2, 0) is 20.4 Å². The summed E-state index contributed by atoms with van der Waals surface area (Å²) in [6.07, 6.45) is 3.21. The summed E-state index contributed by atoms with van der Waals surface area (Å²) in [6, 6.07) is 14.7. The van der Waals surface area contributed by atoms with Gasteiger partial charge in [0, 0.05) is 9.75 Å². The molecule has 2 heterocycles. The van der Waals surface area contributed by atoms with Crippen LogP contribution in [0.25, 0.3) is 15.8 Å². The molecule has 0 aliphatic heterocycles. The number of allylic oxidation sites excluding steroid dienone is 1. The number of ketones is 1. The van der Waals surface area contributed by atoms with Gasteiger partial charge in [-0.15, -0.1) is 22.7 Å². The molecule has 0 N–H and O–H groups in total. The van der Waals surface area contributed by atoms with Gasteiger partial charge in [-0.25, -0.2) is 8.42 Å². The molecule has 0 saturated carbocycles. The van der Waals surface area contributed by atoms with Gasteiger partial charge < -0.3 is 0 Å². The molecule has 0 saturated heterocycles. The standard InChI is InChI=1S/C19H16O3S3/c1-14(20)4-5-15-6-8-16(9-7-15)13-25(21,22)19-11-10-18(24-19)17-3-2-12-23-17/h2-12H,13H2,1H3/b5-4+. The first-order valence-corrected chi connectivity index (χ1v) is 10.9. The number of hydrogen-bond acceptors (Lipinski definition) is 5. The largest absolute Gasteiger partial charge is 0.295 e. The molecule has 2 aromatic heterocycles. The quantitative estimate of drug-likeness (QED) is 0.555. The van der Waals surface area contributed by atoms with Gasteiger partial charge in [0.05, 0.1) is 5.75 Å². The van der Waals surface area contributed by atoms with Crippen molar-refractivity contribution in [1.82, 2.24) is 0 Å². The Morgan fingerprint density at radius 2 is 1.80 bits per heavy atom. The molecule has 0 unspecified atom stereocenters. The molecule has 25 heavy (non-hydrogen) atoms. The fraction of sp³-hybridized carbons (Fsp3) is 0.105. The molecule has 0 aliphatic carbocycles. The summed E-state index contributed by atoms with van der Waals surface area (Å²) >= 11 is 2.90. The molecule has 3 rings (SSSR count). The highest BCUT2D eigenvalue weighted by atomic mass is 32.2. The van der Waals surface area contributed by atoms with Crippen LogP contribution in [0.1, 0.15) is 18.1 Å². The van der Waals surface area contributed by atoms with Gasteiger partial charge in [-0.05, 0) is 47.7 Å². The smallest absolute Gasteiger partial charge is 0.191 e. The van der Waals surface area contributed by atoms with Crippen LogP contribution >= 0.6 is 22.7 Å². The topological polar surface area (TPSA) is 51.2 Å². The Balaban J connectivity index is 1.76. The molecule has 0 aliphatic rings. The fourth-order valence-electron chi connectivity index (χ4n) is 2.27.